The number of hydrogen-bond donors (Lipinski definition) is 1. The van der Waals surface area contributed by atoms with E-state index in [-0.39, 0.29) is 6.10 Å². The summed E-state index contributed by atoms with van der Waals surface area (Å²) < 4.78 is 0. The molecule has 1 aliphatic rings. The maximum atomic E-state index is 9.03. The lowest BCUT2D eigenvalue weighted by Crippen LogP contribution is -2.31. The summed E-state index contributed by atoms with van der Waals surface area (Å²) in [6, 6.07) is 0. The highest BCUT2D eigenvalue weighted by atomic mass is 32.2. The molecule has 0 aromatic heterocycles. The third-order valence-corrected chi connectivity index (χ3v) is 4.00. The molecule has 0 saturated heterocycles. The molecule has 1 unspecified atom stereocenters. The van der Waals surface area contributed by atoms with Crippen molar-refractivity contribution in [2.45, 2.75) is 44.5 Å². The largest absolute Gasteiger partial charge is 0.393 e. The van der Waals surface area contributed by atoms with Crippen LogP contribution >= 0.6 is 11.8 Å². The van der Waals surface area contributed by atoms with Crippen LogP contribution in [0.3, 0.4) is 0 Å². The second-order valence-corrected chi connectivity index (χ2v) is 4.93. The summed E-state index contributed by atoms with van der Waals surface area (Å²) in [5, 5.41) is 9.79. The normalized spacial score (nSPS) is 33.0. The average Bonchev–Trinajstić information content (AvgIpc) is 1.95. The van der Waals surface area contributed by atoms with Crippen molar-refractivity contribution in [3.63, 3.8) is 0 Å². The third kappa shape index (κ3) is 3.04. The molecule has 0 radical (unpaired) electrons. The fraction of sp³-hybridized carbons (Fsp3) is 1.00. The minimum absolute atomic E-state index is 0.0180. The highest BCUT2D eigenvalue weighted by molar-refractivity contribution is 7.99. The minimum Gasteiger partial charge on any atom is -0.393 e. The number of rotatable bonds is 4. The minimum atomic E-state index is 0.0180. The van der Waals surface area contributed by atoms with Gasteiger partial charge >= 0.3 is 0 Å². The van der Waals surface area contributed by atoms with E-state index in [9.17, 15) is 0 Å². The van der Waals surface area contributed by atoms with Crippen molar-refractivity contribution < 1.29 is 5.11 Å². The van der Waals surface area contributed by atoms with Gasteiger partial charge in [0, 0.05) is 5.25 Å². The molecule has 1 rings (SSSR count). The molecule has 1 fully saturated rings. The maximum absolute atomic E-state index is 9.03. The van der Waals surface area contributed by atoms with Crippen LogP contribution in [0, 0.1) is 5.92 Å². The Morgan fingerprint density at radius 3 is 2.64 bits per heavy atom. The highest BCUT2D eigenvalue weighted by Crippen LogP contribution is 2.32. The fourth-order valence-electron chi connectivity index (χ4n) is 1.09. The van der Waals surface area contributed by atoms with Gasteiger partial charge in [0.2, 0.25) is 0 Å². The number of aliphatic hydroxyl groups is 1. The molecule has 11 heavy (non-hydrogen) atoms. The number of aliphatic hydroxyl groups excluding tert-OH is 1. The van der Waals surface area contributed by atoms with Crippen LogP contribution in [-0.4, -0.2) is 22.2 Å². The summed E-state index contributed by atoms with van der Waals surface area (Å²) in [7, 11) is 0. The van der Waals surface area contributed by atoms with Gasteiger partial charge in [-0.05, 0) is 24.5 Å². The summed E-state index contributed by atoms with van der Waals surface area (Å²) >= 11 is 2.04. The van der Waals surface area contributed by atoms with Crippen LogP contribution in [0.1, 0.15) is 33.1 Å². The molecule has 1 aliphatic carbocycles. The van der Waals surface area contributed by atoms with E-state index in [1.54, 1.807) is 0 Å². The summed E-state index contributed by atoms with van der Waals surface area (Å²) in [6.07, 6.45) is 3.36. The molecule has 0 amide bonds. The standard InChI is InChI=1S/C9H18OS/c1-3-7(2)6-11-9-4-8(10)5-9/h7-10H,3-6H2,1-2H3. The Bertz CT molecular complexity index is 110. The van der Waals surface area contributed by atoms with Crippen molar-refractivity contribution in [3.8, 4) is 0 Å². The Balaban J connectivity index is 1.96. The quantitative estimate of drug-likeness (QED) is 0.705. The Morgan fingerprint density at radius 1 is 1.55 bits per heavy atom. The molecule has 1 atom stereocenters. The Hall–Kier alpha value is 0.310. The average molecular weight is 174 g/mol. The molecular formula is C9H18OS. The second kappa shape index (κ2) is 4.36. The van der Waals surface area contributed by atoms with E-state index in [1.807, 2.05) is 11.8 Å². The lowest BCUT2D eigenvalue weighted by atomic mass is 9.96. The zero-order valence-electron chi connectivity index (χ0n) is 7.42. The molecule has 1 N–H and O–H groups in total. The molecule has 66 valence electrons. The van der Waals surface area contributed by atoms with E-state index >= 15 is 0 Å². The molecule has 0 bridgehead atoms. The van der Waals surface area contributed by atoms with Crippen molar-refractivity contribution >= 4 is 11.8 Å². The van der Waals surface area contributed by atoms with Gasteiger partial charge in [-0.25, -0.2) is 0 Å². The van der Waals surface area contributed by atoms with Gasteiger partial charge in [-0.2, -0.15) is 11.8 Å². The Kier molecular flexibility index (Phi) is 3.73. The van der Waals surface area contributed by atoms with Crippen molar-refractivity contribution in [3.05, 3.63) is 0 Å². The predicted molar refractivity (Wildman–Crippen MR) is 50.9 cm³/mol. The van der Waals surface area contributed by atoms with Crippen molar-refractivity contribution in [1.82, 2.24) is 0 Å². The maximum Gasteiger partial charge on any atom is 0.0561 e. The van der Waals surface area contributed by atoms with E-state index in [0.717, 1.165) is 24.0 Å². The first-order valence-electron chi connectivity index (χ1n) is 4.52. The van der Waals surface area contributed by atoms with Crippen LogP contribution in [0.15, 0.2) is 0 Å². The molecular weight excluding hydrogens is 156 g/mol. The Morgan fingerprint density at radius 2 is 2.18 bits per heavy atom. The number of thioether (sulfide) groups is 1. The van der Waals surface area contributed by atoms with Crippen LogP contribution in [0.5, 0.6) is 0 Å². The zero-order valence-corrected chi connectivity index (χ0v) is 8.23. The van der Waals surface area contributed by atoms with Crippen LogP contribution in [0.2, 0.25) is 0 Å². The molecule has 0 aromatic carbocycles. The van der Waals surface area contributed by atoms with Gasteiger partial charge in [0.05, 0.1) is 6.10 Å². The monoisotopic (exact) mass is 174 g/mol. The van der Waals surface area contributed by atoms with Crippen LogP contribution in [0.4, 0.5) is 0 Å². The van der Waals surface area contributed by atoms with Crippen molar-refractivity contribution in [1.29, 1.82) is 0 Å². The van der Waals surface area contributed by atoms with Gasteiger partial charge in [0.25, 0.3) is 0 Å². The molecule has 0 heterocycles. The molecule has 1 saturated carbocycles. The van der Waals surface area contributed by atoms with Gasteiger partial charge in [0.1, 0.15) is 0 Å². The van der Waals surface area contributed by atoms with E-state index in [4.69, 9.17) is 5.11 Å². The molecule has 0 aromatic rings. The first kappa shape index (κ1) is 9.40. The summed E-state index contributed by atoms with van der Waals surface area (Å²) in [5.74, 6) is 2.12. The van der Waals surface area contributed by atoms with Crippen LogP contribution in [0.25, 0.3) is 0 Å². The van der Waals surface area contributed by atoms with E-state index in [1.165, 1.54) is 12.2 Å². The van der Waals surface area contributed by atoms with E-state index in [2.05, 4.69) is 13.8 Å². The van der Waals surface area contributed by atoms with Crippen molar-refractivity contribution in [2.24, 2.45) is 5.92 Å². The lowest BCUT2D eigenvalue weighted by Gasteiger charge is -2.31. The third-order valence-electron chi connectivity index (χ3n) is 2.38. The summed E-state index contributed by atoms with van der Waals surface area (Å²) in [6.45, 7) is 4.53. The van der Waals surface area contributed by atoms with Gasteiger partial charge in [-0.15, -0.1) is 0 Å². The van der Waals surface area contributed by atoms with E-state index in [0.29, 0.717) is 0 Å². The lowest BCUT2D eigenvalue weighted by molar-refractivity contribution is 0.101. The second-order valence-electron chi connectivity index (χ2n) is 3.59. The highest BCUT2D eigenvalue weighted by Gasteiger charge is 2.27. The van der Waals surface area contributed by atoms with Gasteiger partial charge < -0.3 is 5.11 Å². The molecule has 0 aliphatic heterocycles. The van der Waals surface area contributed by atoms with Gasteiger partial charge in [-0.3, -0.25) is 0 Å². The molecule has 0 spiro atoms. The first-order chi connectivity index (χ1) is 5.22. The Labute approximate surface area is 73.6 Å². The summed E-state index contributed by atoms with van der Waals surface area (Å²) in [5.41, 5.74) is 0. The zero-order chi connectivity index (χ0) is 8.27. The predicted octanol–water partition coefficient (Wildman–Crippen LogP) is 2.29. The SMILES string of the molecule is CCC(C)CSC1CC(O)C1. The summed E-state index contributed by atoms with van der Waals surface area (Å²) in [4.78, 5) is 0. The fourth-order valence-corrected chi connectivity index (χ4v) is 2.65. The van der Waals surface area contributed by atoms with Crippen LogP contribution in [-0.2, 0) is 0 Å². The molecule has 1 nitrogen and oxygen atoms in total. The van der Waals surface area contributed by atoms with Gasteiger partial charge in [-0.1, -0.05) is 20.3 Å². The first-order valence-corrected chi connectivity index (χ1v) is 5.57. The number of hydrogen-bond acceptors (Lipinski definition) is 2. The topological polar surface area (TPSA) is 20.2 Å². The van der Waals surface area contributed by atoms with Crippen molar-refractivity contribution in [2.75, 3.05) is 5.75 Å². The van der Waals surface area contributed by atoms with Gasteiger partial charge in [0.15, 0.2) is 0 Å². The molecule has 2 heteroatoms. The van der Waals surface area contributed by atoms with Crippen LogP contribution < -0.4 is 0 Å². The smallest absolute Gasteiger partial charge is 0.0561 e. The van der Waals surface area contributed by atoms with E-state index < -0.39 is 0 Å².